The fourth-order valence-corrected chi connectivity index (χ4v) is 3.20. The van der Waals surface area contributed by atoms with Crippen LogP contribution >= 0.6 is 11.8 Å². The lowest BCUT2D eigenvalue weighted by Crippen LogP contribution is -2.00. The second kappa shape index (κ2) is 3.93. The first-order valence-electron chi connectivity index (χ1n) is 5.46. The molecular formula is C10H13N5S. The molecule has 0 radical (unpaired) electrons. The third kappa shape index (κ3) is 1.73. The number of fused-ring (bicyclic) bond motifs is 1. The number of H-pyrrole nitrogens is 1. The van der Waals surface area contributed by atoms with E-state index in [1.165, 1.54) is 25.7 Å². The van der Waals surface area contributed by atoms with Gasteiger partial charge in [0.2, 0.25) is 0 Å². The Kier molecular flexibility index (Phi) is 2.43. The van der Waals surface area contributed by atoms with Crippen LogP contribution in [0.1, 0.15) is 25.7 Å². The third-order valence-corrected chi connectivity index (χ3v) is 4.07. The fourth-order valence-electron chi connectivity index (χ4n) is 2.04. The third-order valence-electron chi connectivity index (χ3n) is 2.87. The zero-order valence-corrected chi connectivity index (χ0v) is 9.63. The predicted octanol–water partition coefficient (Wildman–Crippen LogP) is 1.97. The van der Waals surface area contributed by atoms with E-state index in [0.29, 0.717) is 16.7 Å². The average molecular weight is 235 g/mol. The van der Waals surface area contributed by atoms with E-state index >= 15 is 0 Å². The van der Waals surface area contributed by atoms with Crippen molar-refractivity contribution >= 4 is 28.7 Å². The number of nitrogens with two attached hydrogens (primary N) is 1. The summed E-state index contributed by atoms with van der Waals surface area (Å²) in [5.41, 5.74) is 7.23. The first-order valence-corrected chi connectivity index (χ1v) is 6.34. The number of aromatic nitrogens is 4. The number of nitrogen functional groups attached to an aromatic ring is 1. The van der Waals surface area contributed by atoms with Gasteiger partial charge >= 0.3 is 0 Å². The summed E-state index contributed by atoms with van der Waals surface area (Å²) >= 11 is 1.73. The summed E-state index contributed by atoms with van der Waals surface area (Å²) in [4.78, 5) is 15.7. The maximum absolute atomic E-state index is 5.84. The van der Waals surface area contributed by atoms with E-state index in [9.17, 15) is 0 Å². The van der Waals surface area contributed by atoms with Crippen LogP contribution in [-0.2, 0) is 0 Å². The van der Waals surface area contributed by atoms with Crippen molar-refractivity contribution in [2.45, 2.75) is 36.1 Å². The van der Waals surface area contributed by atoms with Crippen LogP contribution < -0.4 is 5.73 Å². The molecule has 0 spiro atoms. The summed E-state index contributed by atoms with van der Waals surface area (Å²) in [6, 6.07) is 0. The normalized spacial score (nSPS) is 17.2. The van der Waals surface area contributed by atoms with Crippen molar-refractivity contribution in [3.63, 3.8) is 0 Å². The van der Waals surface area contributed by atoms with Gasteiger partial charge < -0.3 is 10.7 Å². The molecule has 84 valence electrons. The second-order valence-corrected chi connectivity index (χ2v) is 5.28. The van der Waals surface area contributed by atoms with Gasteiger partial charge in [-0.1, -0.05) is 24.6 Å². The summed E-state index contributed by atoms with van der Waals surface area (Å²) in [5, 5.41) is 1.40. The van der Waals surface area contributed by atoms with Crippen molar-refractivity contribution in [1.29, 1.82) is 0 Å². The van der Waals surface area contributed by atoms with Gasteiger partial charge in [-0.05, 0) is 12.8 Å². The Morgan fingerprint density at radius 1 is 1.31 bits per heavy atom. The van der Waals surface area contributed by atoms with E-state index in [0.717, 1.165) is 10.7 Å². The minimum atomic E-state index is 0.489. The predicted molar refractivity (Wildman–Crippen MR) is 64.2 cm³/mol. The van der Waals surface area contributed by atoms with Gasteiger partial charge in [0.1, 0.15) is 5.52 Å². The SMILES string of the molecule is Nc1nc(SC2CCCC2)nc2nc[nH]c12. The van der Waals surface area contributed by atoms with E-state index in [4.69, 9.17) is 5.73 Å². The van der Waals surface area contributed by atoms with Crippen molar-refractivity contribution in [2.24, 2.45) is 0 Å². The highest BCUT2D eigenvalue weighted by molar-refractivity contribution is 7.99. The van der Waals surface area contributed by atoms with E-state index in [-0.39, 0.29) is 0 Å². The Morgan fingerprint density at radius 3 is 2.94 bits per heavy atom. The summed E-state index contributed by atoms with van der Waals surface area (Å²) in [5.74, 6) is 0.489. The van der Waals surface area contributed by atoms with Gasteiger partial charge in [-0.15, -0.1) is 0 Å². The number of anilines is 1. The molecule has 1 saturated carbocycles. The van der Waals surface area contributed by atoms with Crippen molar-refractivity contribution in [3.05, 3.63) is 6.33 Å². The number of hydrogen-bond donors (Lipinski definition) is 2. The molecule has 2 heterocycles. The lowest BCUT2D eigenvalue weighted by Gasteiger charge is -2.07. The quantitative estimate of drug-likeness (QED) is 0.778. The Morgan fingerprint density at radius 2 is 2.12 bits per heavy atom. The number of imidazole rings is 1. The molecule has 16 heavy (non-hydrogen) atoms. The largest absolute Gasteiger partial charge is 0.382 e. The van der Waals surface area contributed by atoms with Crippen LogP contribution in [0.3, 0.4) is 0 Å². The van der Waals surface area contributed by atoms with Crippen LogP contribution in [0.5, 0.6) is 0 Å². The smallest absolute Gasteiger partial charge is 0.191 e. The summed E-state index contributed by atoms with van der Waals surface area (Å²) in [6.07, 6.45) is 6.74. The minimum absolute atomic E-state index is 0.489. The summed E-state index contributed by atoms with van der Waals surface area (Å²) in [7, 11) is 0. The van der Waals surface area contributed by atoms with Crippen molar-refractivity contribution in [1.82, 2.24) is 19.9 Å². The Bertz CT molecular complexity index is 503. The number of nitrogens with one attached hydrogen (secondary N) is 1. The van der Waals surface area contributed by atoms with Crippen LogP contribution in [0.4, 0.5) is 5.82 Å². The standard InChI is InChI=1S/C10H13N5S/c11-8-7-9(13-5-12-7)15-10(14-8)16-6-3-1-2-4-6/h5-6H,1-4H2,(H3,11,12,13,14,15). The van der Waals surface area contributed by atoms with Crippen LogP contribution in [0.25, 0.3) is 11.2 Å². The van der Waals surface area contributed by atoms with E-state index in [1.54, 1.807) is 18.1 Å². The van der Waals surface area contributed by atoms with Gasteiger partial charge in [-0.3, -0.25) is 0 Å². The van der Waals surface area contributed by atoms with Gasteiger partial charge in [-0.2, -0.15) is 0 Å². The highest BCUT2D eigenvalue weighted by Gasteiger charge is 2.18. The van der Waals surface area contributed by atoms with E-state index in [2.05, 4.69) is 19.9 Å². The minimum Gasteiger partial charge on any atom is -0.382 e. The number of hydrogen-bond acceptors (Lipinski definition) is 5. The van der Waals surface area contributed by atoms with Gasteiger partial charge in [0.15, 0.2) is 16.6 Å². The molecule has 1 aliphatic carbocycles. The zero-order valence-electron chi connectivity index (χ0n) is 8.81. The van der Waals surface area contributed by atoms with Crippen LogP contribution in [-0.4, -0.2) is 25.2 Å². The highest BCUT2D eigenvalue weighted by atomic mass is 32.2. The van der Waals surface area contributed by atoms with Crippen molar-refractivity contribution < 1.29 is 0 Å². The highest BCUT2D eigenvalue weighted by Crippen LogP contribution is 2.33. The molecule has 1 fully saturated rings. The molecule has 0 amide bonds. The molecule has 0 aromatic carbocycles. The first-order chi connectivity index (χ1) is 7.83. The molecule has 1 aliphatic rings. The number of rotatable bonds is 2. The molecule has 2 aromatic rings. The monoisotopic (exact) mass is 235 g/mol. The first kappa shape index (κ1) is 9.89. The van der Waals surface area contributed by atoms with Crippen molar-refractivity contribution in [2.75, 3.05) is 5.73 Å². The Labute approximate surface area is 97.3 Å². The number of thioether (sulfide) groups is 1. The van der Waals surface area contributed by atoms with E-state index in [1.807, 2.05) is 0 Å². The molecule has 0 unspecified atom stereocenters. The fraction of sp³-hybridized carbons (Fsp3) is 0.500. The van der Waals surface area contributed by atoms with Gasteiger partial charge in [0.05, 0.1) is 6.33 Å². The molecule has 5 nitrogen and oxygen atoms in total. The molecule has 3 rings (SSSR count). The molecule has 0 bridgehead atoms. The maximum Gasteiger partial charge on any atom is 0.191 e. The lowest BCUT2D eigenvalue weighted by molar-refractivity contribution is 0.886. The second-order valence-electron chi connectivity index (χ2n) is 4.02. The van der Waals surface area contributed by atoms with Gasteiger partial charge in [-0.25, -0.2) is 15.0 Å². The molecule has 6 heteroatoms. The van der Waals surface area contributed by atoms with E-state index < -0.39 is 0 Å². The molecule has 0 saturated heterocycles. The number of aromatic amines is 1. The molecule has 2 aromatic heterocycles. The van der Waals surface area contributed by atoms with Crippen LogP contribution in [0.15, 0.2) is 11.5 Å². The topological polar surface area (TPSA) is 80.5 Å². The average Bonchev–Trinajstić information content (AvgIpc) is 2.87. The number of nitrogens with zero attached hydrogens (tertiary/aromatic N) is 3. The summed E-state index contributed by atoms with van der Waals surface area (Å²) in [6.45, 7) is 0. The Hall–Kier alpha value is -1.30. The van der Waals surface area contributed by atoms with Gasteiger partial charge in [0, 0.05) is 5.25 Å². The molecule has 0 atom stereocenters. The molecule has 0 aliphatic heterocycles. The molecule has 3 N–H and O–H groups in total. The molecular weight excluding hydrogens is 222 g/mol. The summed E-state index contributed by atoms with van der Waals surface area (Å²) < 4.78 is 0. The van der Waals surface area contributed by atoms with Crippen LogP contribution in [0, 0.1) is 0 Å². The van der Waals surface area contributed by atoms with Crippen LogP contribution in [0.2, 0.25) is 0 Å². The Balaban J connectivity index is 1.91. The van der Waals surface area contributed by atoms with Crippen molar-refractivity contribution in [3.8, 4) is 0 Å². The van der Waals surface area contributed by atoms with Gasteiger partial charge in [0.25, 0.3) is 0 Å². The maximum atomic E-state index is 5.84. The zero-order chi connectivity index (χ0) is 11.0. The lowest BCUT2D eigenvalue weighted by atomic mass is 10.4.